The van der Waals surface area contributed by atoms with Gasteiger partial charge in [-0.2, -0.15) is 0 Å². The van der Waals surface area contributed by atoms with Crippen molar-refractivity contribution in [3.63, 3.8) is 0 Å². The predicted molar refractivity (Wildman–Crippen MR) is 122 cm³/mol. The summed E-state index contributed by atoms with van der Waals surface area (Å²) in [5.74, 6) is -0.0591. The summed E-state index contributed by atoms with van der Waals surface area (Å²) >= 11 is 1.74. The van der Waals surface area contributed by atoms with E-state index in [1.807, 2.05) is 41.3 Å². The molecular formula is C24H24N4O2S. The van der Waals surface area contributed by atoms with Crippen molar-refractivity contribution in [1.82, 2.24) is 9.88 Å². The Bertz CT molecular complexity index is 1160. The molecule has 0 atom stereocenters. The average molecular weight is 433 g/mol. The predicted octanol–water partition coefficient (Wildman–Crippen LogP) is 3.96. The van der Waals surface area contributed by atoms with Gasteiger partial charge in [-0.15, -0.1) is 11.3 Å². The van der Waals surface area contributed by atoms with Crippen molar-refractivity contribution in [2.75, 3.05) is 17.6 Å². The summed E-state index contributed by atoms with van der Waals surface area (Å²) in [4.78, 5) is 32.4. The van der Waals surface area contributed by atoms with Gasteiger partial charge in [-0.1, -0.05) is 24.3 Å². The maximum absolute atomic E-state index is 12.6. The number of amides is 2. The van der Waals surface area contributed by atoms with E-state index in [-0.39, 0.29) is 17.2 Å². The van der Waals surface area contributed by atoms with Crippen molar-refractivity contribution in [3.05, 3.63) is 75.2 Å². The van der Waals surface area contributed by atoms with Crippen LogP contribution in [0.25, 0.3) is 0 Å². The third kappa shape index (κ3) is 3.59. The van der Waals surface area contributed by atoms with Crippen LogP contribution in [0.15, 0.2) is 48.5 Å². The number of anilines is 2. The molecule has 0 saturated heterocycles. The maximum Gasteiger partial charge on any atom is 0.255 e. The number of hydrogen-bond acceptors (Lipinski definition) is 5. The molecule has 0 bridgehead atoms. The van der Waals surface area contributed by atoms with E-state index in [9.17, 15) is 9.59 Å². The summed E-state index contributed by atoms with van der Waals surface area (Å²) < 4.78 is 0. The molecule has 2 aromatic carbocycles. The lowest BCUT2D eigenvalue weighted by Gasteiger charge is -2.24. The van der Waals surface area contributed by atoms with Crippen LogP contribution in [-0.4, -0.2) is 28.2 Å². The number of nitrogens with zero attached hydrogens (tertiary/aromatic N) is 2. The molecule has 31 heavy (non-hydrogen) atoms. The van der Waals surface area contributed by atoms with Crippen LogP contribution in [0.3, 0.4) is 0 Å². The quantitative estimate of drug-likeness (QED) is 0.611. The summed E-state index contributed by atoms with van der Waals surface area (Å²) in [6.07, 6.45) is 2.94. The number of carbonyl (C=O) groups excluding carboxylic acids is 2. The Labute approximate surface area is 185 Å². The number of para-hydroxylation sites is 2. The number of nitrogens with two attached hydrogens (primary N) is 1. The SMILES string of the molecule is CC(=O)N1CCc2nc(C3(c4ccc(C(=O)Nc5ccccc5N)cc4)CC3)sc2C1. The van der Waals surface area contributed by atoms with Crippen molar-refractivity contribution in [2.24, 2.45) is 0 Å². The van der Waals surface area contributed by atoms with Gasteiger partial charge in [-0.05, 0) is 42.7 Å². The van der Waals surface area contributed by atoms with Gasteiger partial charge in [-0.3, -0.25) is 9.59 Å². The van der Waals surface area contributed by atoms with Crippen molar-refractivity contribution in [2.45, 2.75) is 38.1 Å². The van der Waals surface area contributed by atoms with Gasteiger partial charge in [0.1, 0.15) is 5.01 Å². The number of carbonyl (C=O) groups is 2. The first-order chi connectivity index (χ1) is 15.0. The fraction of sp³-hybridized carbons (Fsp3) is 0.292. The van der Waals surface area contributed by atoms with Crippen LogP contribution in [0.4, 0.5) is 11.4 Å². The Morgan fingerprint density at radius 1 is 1.13 bits per heavy atom. The van der Waals surface area contributed by atoms with Gasteiger partial charge in [0.25, 0.3) is 5.91 Å². The van der Waals surface area contributed by atoms with E-state index in [1.54, 1.807) is 30.4 Å². The minimum absolute atomic E-state index is 0.0536. The molecular weight excluding hydrogens is 408 g/mol. The normalized spacial score (nSPS) is 16.5. The van der Waals surface area contributed by atoms with Crippen LogP contribution in [0, 0.1) is 0 Å². The molecule has 3 N–H and O–H groups in total. The molecule has 6 nitrogen and oxygen atoms in total. The van der Waals surface area contributed by atoms with Crippen molar-refractivity contribution in [3.8, 4) is 0 Å². The van der Waals surface area contributed by atoms with Crippen molar-refractivity contribution in [1.29, 1.82) is 0 Å². The number of thiazole rings is 1. The molecule has 0 spiro atoms. The summed E-state index contributed by atoms with van der Waals surface area (Å²) in [5.41, 5.74) is 9.95. The zero-order chi connectivity index (χ0) is 21.6. The standard InChI is InChI=1S/C24H24N4O2S/c1-15(29)28-13-10-20-21(14-28)31-23(27-20)24(11-12-24)17-8-6-16(7-9-17)22(30)26-19-5-3-2-4-18(19)25/h2-9H,10-14,25H2,1H3,(H,26,30). The second kappa shape index (κ2) is 7.50. The maximum atomic E-state index is 12.6. The zero-order valence-electron chi connectivity index (χ0n) is 17.4. The molecule has 1 aromatic heterocycles. The smallest absolute Gasteiger partial charge is 0.255 e. The Balaban J connectivity index is 1.35. The van der Waals surface area contributed by atoms with Gasteiger partial charge < -0.3 is 16.0 Å². The molecule has 2 aliphatic rings. The Kier molecular flexibility index (Phi) is 4.78. The average Bonchev–Trinajstić information content (AvgIpc) is 3.47. The monoisotopic (exact) mass is 432 g/mol. The molecule has 2 heterocycles. The van der Waals surface area contributed by atoms with Crippen LogP contribution in [0.5, 0.6) is 0 Å². The number of rotatable bonds is 4. The summed E-state index contributed by atoms with van der Waals surface area (Å²) in [7, 11) is 0. The first kappa shape index (κ1) is 19.8. The highest BCUT2D eigenvalue weighted by molar-refractivity contribution is 7.12. The van der Waals surface area contributed by atoms with E-state index in [2.05, 4.69) is 5.32 Å². The highest BCUT2D eigenvalue weighted by Gasteiger charge is 2.49. The van der Waals surface area contributed by atoms with E-state index in [1.165, 1.54) is 10.4 Å². The minimum Gasteiger partial charge on any atom is -0.397 e. The molecule has 3 aromatic rings. The second-order valence-corrected chi connectivity index (χ2v) is 9.36. The highest BCUT2D eigenvalue weighted by Crippen LogP contribution is 2.55. The van der Waals surface area contributed by atoms with Crippen LogP contribution in [-0.2, 0) is 23.2 Å². The molecule has 1 fully saturated rings. The highest BCUT2D eigenvalue weighted by atomic mass is 32.1. The van der Waals surface area contributed by atoms with Crippen LogP contribution >= 0.6 is 11.3 Å². The van der Waals surface area contributed by atoms with Crippen LogP contribution in [0.2, 0.25) is 0 Å². The minimum atomic E-state index is -0.177. The molecule has 1 aliphatic carbocycles. The Morgan fingerprint density at radius 3 is 2.55 bits per heavy atom. The number of nitrogens with one attached hydrogen (secondary N) is 1. The number of hydrogen-bond donors (Lipinski definition) is 2. The molecule has 0 unspecified atom stereocenters. The van der Waals surface area contributed by atoms with Crippen LogP contribution < -0.4 is 11.1 Å². The third-order valence-corrected chi connectivity index (χ3v) is 7.53. The van der Waals surface area contributed by atoms with Crippen molar-refractivity contribution >= 4 is 34.5 Å². The van der Waals surface area contributed by atoms with Gasteiger partial charge in [-0.25, -0.2) is 4.98 Å². The van der Waals surface area contributed by atoms with E-state index in [4.69, 9.17) is 10.7 Å². The van der Waals surface area contributed by atoms with Crippen molar-refractivity contribution < 1.29 is 9.59 Å². The third-order valence-electron chi connectivity index (χ3n) is 6.24. The first-order valence-corrected chi connectivity index (χ1v) is 11.3. The molecule has 1 saturated carbocycles. The second-order valence-electron chi connectivity index (χ2n) is 8.28. The van der Waals surface area contributed by atoms with Gasteiger partial charge in [0.2, 0.25) is 5.91 Å². The molecule has 158 valence electrons. The lowest BCUT2D eigenvalue weighted by Crippen LogP contribution is -2.33. The first-order valence-electron chi connectivity index (χ1n) is 10.5. The van der Waals surface area contributed by atoms with E-state index < -0.39 is 0 Å². The fourth-order valence-corrected chi connectivity index (χ4v) is 5.56. The molecule has 5 rings (SSSR count). The Hall–Kier alpha value is -3.19. The molecule has 7 heteroatoms. The number of aromatic nitrogens is 1. The largest absolute Gasteiger partial charge is 0.397 e. The Morgan fingerprint density at radius 2 is 1.87 bits per heavy atom. The number of benzene rings is 2. The molecule has 2 amide bonds. The van der Waals surface area contributed by atoms with E-state index >= 15 is 0 Å². The topological polar surface area (TPSA) is 88.3 Å². The fourth-order valence-electron chi connectivity index (χ4n) is 4.17. The van der Waals surface area contributed by atoms with Gasteiger partial charge in [0.05, 0.1) is 23.6 Å². The zero-order valence-corrected chi connectivity index (χ0v) is 18.2. The lowest BCUT2D eigenvalue weighted by molar-refractivity contribution is -0.129. The molecule has 0 radical (unpaired) electrons. The lowest BCUT2D eigenvalue weighted by atomic mass is 9.95. The summed E-state index contributed by atoms with van der Waals surface area (Å²) in [5, 5.41) is 4.01. The molecule has 1 aliphatic heterocycles. The van der Waals surface area contributed by atoms with E-state index in [0.29, 0.717) is 23.5 Å². The van der Waals surface area contributed by atoms with E-state index in [0.717, 1.165) is 36.5 Å². The number of fused-ring (bicyclic) bond motifs is 1. The van der Waals surface area contributed by atoms with Gasteiger partial charge in [0.15, 0.2) is 0 Å². The van der Waals surface area contributed by atoms with Crippen LogP contribution in [0.1, 0.15) is 51.3 Å². The summed E-state index contributed by atoms with van der Waals surface area (Å²) in [6, 6.07) is 15.1. The van der Waals surface area contributed by atoms with Gasteiger partial charge in [0, 0.05) is 35.7 Å². The summed E-state index contributed by atoms with van der Waals surface area (Å²) in [6.45, 7) is 3.04. The van der Waals surface area contributed by atoms with Gasteiger partial charge >= 0.3 is 0 Å². The number of nitrogen functional groups attached to an aromatic ring is 1.